The highest BCUT2D eigenvalue weighted by Crippen LogP contribution is 2.38. The van der Waals surface area contributed by atoms with Crippen molar-refractivity contribution in [2.75, 3.05) is 50.3 Å². The fraction of sp³-hybridized carbons (Fsp3) is 0.393. The predicted molar refractivity (Wildman–Crippen MR) is 155 cm³/mol. The van der Waals surface area contributed by atoms with Gasteiger partial charge in [-0.25, -0.2) is 4.99 Å². The first-order valence-electron chi connectivity index (χ1n) is 13.3. The molecule has 11 nitrogen and oxygen atoms in total. The largest absolute Gasteiger partial charge is 0.493 e. The number of aromatic nitrogens is 2. The number of primary amides is 1. The van der Waals surface area contributed by atoms with Crippen molar-refractivity contribution in [1.82, 2.24) is 15.1 Å². The number of amidine groups is 1. The summed E-state index contributed by atoms with van der Waals surface area (Å²) < 4.78 is 11.9. The van der Waals surface area contributed by atoms with Crippen LogP contribution in [0.1, 0.15) is 30.5 Å². The van der Waals surface area contributed by atoms with Gasteiger partial charge in [0.1, 0.15) is 5.84 Å². The first-order chi connectivity index (χ1) is 19.4. The number of fused-ring (bicyclic) bond motifs is 1. The van der Waals surface area contributed by atoms with Gasteiger partial charge in [0.05, 0.1) is 39.1 Å². The van der Waals surface area contributed by atoms with Gasteiger partial charge in [0, 0.05) is 46.7 Å². The van der Waals surface area contributed by atoms with Crippen LogP contribution < -0.4 is 25.4 Å². The lowest BCUT2D eigenvalue weighted by Gasteiger charge is -2.33. The molecule has 1 saturated heterocycles. The number of aliphatic hydroxyl groups is 1. The number of rotatable bonds is 11. The second kappa shape index (κ2) is 12.6. The number of carbonyl (C=O) groups excluding carboxylic acids is 1. The molecule has 12 heteroatoms. The minimum absolute atomic E-state index is 0.0426. The molecule has 5 rings (SSSR count). The van der Waals surface area contributed by atoms with Gasteiger partial charge in [-0.15, -0.1) is 0 Å². The highest BCUT2D eigenvalue weighted by atomic mass is 35.5. The Morgan fingerprint density at radius 1 is 1.27 bits per heavy atom. The highest BCUT2D eigenvalue weighted by Gasteiger charge is 2.27. The number of hydrogen-bond acceptors (Lipinski definition) is 8. The number of aliphatic imine (C=N–C) groups is 1. The number of nitrogens with two attached hydrogens (primary N) is 1. The lowest BCUT2D eigenvalue weighted by atomic mass is 10.1. The maximum atomic E-state index is 11.4. The van der Waals surface area contributed by atoms with E-state index in [1.54, 1.807) is 13.2 Å². The van der Waals surface area contributed by atoms with E-state index in [2.05, 4.69) is 20.4 Å². The first-order valence-corrected chi connectivity index (χ1v) is 13.7. The number of carbonyl (C=O) groups is 1. The SMILES string of the molecule is COc1cc2c(cc1OCCCN1CCC[C@H]1CO)NCN(c1cccc(Cl)c1)C2=Nc1cc(CC(N)=O)[nH]n1. The van der Waals surface area contributed by atoms with Crippen molar-refractivity contribution in [3.05, 3.63) is 58.7 Å². The molecule has 2 aromatic carbocycles. The van der Waals surface area contributed by atoms with Gasteiger partial charge in [0.2, 0.25) is 5.91 Å². The van der Waals surface area contributed by atoms with Crippen molar-refractivity contribution < 1.29 is 19.4 Å². The van der Waals surface area contributed by atoms with Gasteiger partial charge in [0.15, 0.2) is 17.3 Å². The number of nitrogens with zero attached hydrogens (tertiary/aromatic N) is 4. The van der Waals surface area contributed by atoms with E-state index in [0.29, 0.717) is 47.1 Å². The smallest absolute Gasteiger partial charge is 0.223 e. The number of nitrogens with one attached hydrogen (secondary N) is 2. The molecule has 40 heavy (non-hydrogen) atoms. The molecule has 0 aliphatic carbocycles. The molecule has 212 valence electrons. The molecule has 1 aromatic heterocycles. The van der Waals surface area contributed by atoms with Gasteiger partial charge in [-0.3, -0.25) is 14.8 Å². The fourth-order valence-electron chi connectivity index (χ4n) is 5.17. The van der Waals surface area contributed by atoms with E-state index in [0.717, 1.165) is 49.3 Å². The first kappa shape index (κ1) is 27.8. The van der Waals surface area contributed by atoms with Crippen LogP contribution in [0.5, 0.6) is 11.5 Å². The quantitative estimate of drug-likeness (QED) is 0.259. The molecule has 0 unspecified atom stereocenters. The van der Waals surface area contributed by atoms with Crippen LogP contribution in [-0.4, -0.2) is 78.1 Å². The molecule has 1 amide bonds. The maximum absolute atomic E-state index is 11.4. The van der Waals surface area contributed by atoms with Gasteiger partial charge < -0.3 is 30.5 Å². The van der Waals surface area contributed by atoms with E-state index in [-0.39, 0.29) is 19.1 Å². The number of methoxy groups -OCH3 is 1. The summed E-state index contributed by atoms with van der Waals surface area (Å²) in [5.41, 5.74) is 8.39. The summed E-state index contributed by atoms with van der Waals surface area (Å²) in [5, 5.41) is 20.7. The zero-order valence-corrected chi connectivity index (χ0v) is 23.2. The average Bonchev–Trinajstić information content (AvgIpc) is 3.59. The topological polar surface area (TPSA) is 141 Å². The summed E-state index contributed by atoms with van der Waals surface area (Å²) in [6.45, 7) is 3.04. The number of halogens is 1. The van der Waals surface area contributed by atoms with E-state index < -0.39 is 5.91 Å². The van der Waals surface area contributed by atoms with Crippen molar-refractivity contribution in [2.24, 2.45) is 10.7 Å². The number of benzene rings is 2. The van der Waals surface area contributed by atoms with Gasteiger partial charge in [-0.1, -0.05) is 17.7 Å². The Hall–Kier alpha value is -3.80. The number of aliphatic hydroxyl groups excluding tert-OH is 1. The van der Waals surface area contributed by atoms with Crippen LogP contribution in [0, 0.1) is 0 Å². The Balaban J connectivity index is 1.42. The van der Waals surface area contributed by atoms with E-state index in [1.165, 1.54) is 0 Å². The number of amides is 1. The summed E-state index contributed by atoms with van der Waals surface area (Å²) >= 11 is 6.31. The minimum atomic E-state index is -0.457. The normalized spacial score (nSPS) is 18.0. The standard InChI is InChI=1S/C28H34ClN7O4/c1-39-24-14-22-23(15-25(24)40-10-4-9-35-8-3-7-21(35)16-37)31-17-36(20-6-2-5-18(29)11-20)28(22)32-27-13-19(33-34-27)12-26(30)38/h2,5-6,11,13-15,21,31,37H,3-4,7-10,12,16-17H2,1H3,(H2,30,38)(H,33,34)/t21-/m0/s1. The summed E-state index contributed by atoms with van der Waals surface area (Å²) in [7, 11) is 1.61. The highest BCUT2D eigenvalue weighted by molar-refractivity contribution is 6.31. The summed E-state index contributed by atoms with van der Waals surface area (Å²) in [6, 6.07) is 13.3. The van der Waals surface area contributed by atoms with Crippen molar-refractivity contribution in [3.8, 4) is 11.5 Å². The number of likely N-dealkylation sites (tertiary alicyclic amines) is 1. The molecular weight excluding hydrogens is 534 g/mol. The van der Waals surface area contributed by atoms with E-state index >= 15 is 0 Å². The molecule has 2 aliphatic rings. The Bertz CT molecular complexity index is 1380. The van der Waals surface area contributed by atoms with Crippen LogP contribution in [0.25, 0.3) is 0 Å². The van der Waals surface area contributed by atoms with E-state index in [9.17, 15) is 9.90 Å². The van der Waals surface area contributed by atoms with Gasteiger partial charge in [0.25, 0.3) is 0 Å². The molecule has 0 spiro atoms. The third-order valence-electron chi connectivity index (χ3n) is 7.11. The zero-order chi connectivity index (χ0) is 28.1. The lowest BCUT2D eigenvalue weighted by Crippen LogP contribution is -2.40. The second-order valence-corrected chi connectivity index (χ2v) is 10.3. The van der Waals surface area contributed by atoms with Gasteiger partial charge in [-0.05, 0) is 50.1 Å². The van der Waals surface area contributed by atoms with Gasteiger partial charge in [-0.2, -0.15) is 5.10 Å². The molecule has 1 atom stereocenters. The second-order valence-electron chi connectivity index (χ2n) is 9.84. The molecule has 5 N–H and O–H groups in total. The van der Waals surface area contributed by atoms with Crippen molar-refractivity contribution in [3.63, 3.8) is 0 Å². The summed E-state index contributed by atoms with van der Waals surface area (Å²) in [4.78, 5) is 20.5. The van der Waals surface area contributed by atoms with Crippen LogP contribution in [-0.2, 0) is 11.2 Å². The van der Waals surface area contributed by atoms with E-state index in [1.807, 2.05) is 41.3 Å². The summed E-state index contributed by atoms with van der Waals surface area (Å²) in [5.74, 6) is 1.79. The predicted octanol–water partition coefficient (Wildman–Crippen LogP) is 3.29. The number of ether oxygens (including phenoxy) is 2. The Kier molecular flexibility index (Phi) is 8.73. The monoisotopic (exact) mass is 567 g/mol. The average molecular weight is 568 g/mol. The summed E-state index contributed by atoms with van der Waals surface area (Å²) in [6.07, 6.45) is 3.05. The number of hydrogen-bond donors (Lipinski definition) is 4. The number of aromatic amines is 1. The van der Waals surface area contributed by atoms with Crippen molar-refractivity contribution in [2.45, 2.75) is 31.7 Å². The molecule has 0 radical (unpaired) electrons. The van der Waals surface area contributed by atoms with Crippen LogP contribution in [0.15, 0.2) is 47.5 Å². The number of anilines is 2. The van der Waals surface area contributed by atoms with Crippen LogP contribution in [0.4, 0.5) is 17.2 Å². The van der Waals surface area contributed by atoms with Gasteiger partial charge >= 0.3 is 0 Å². The Morgan fingerprint density at radius 3 is 2.92 bits per heavy atom. The molecular formula is C28H34ClN7O4. The molecule has 3 heterocycles. The lowest BCUT2D eigenvalue weighted by molar-refractivity contribution is -0.117. The third-order valence-corrected chi connectivity index (χ3v) is 7.34. The molecule has 0 saturated carbocycles. The number of H-pyrrole nitrogens is 1. The Morgan fingerprint density at radius 2 is 2.15 bits per heavy atom. The van der Waals surface area contributed by atoms with Crippen LogP contribution >= 0.6 is 11.6 Å². The van der Waals surface area contributed by atoms with Crippen LogP contribution in [0.3, 0.4) is 0 Å². The molecule has 1 fully saturated rings. The van der Waals surface area contributed by atoms with Crippen molar-refractivity contribution in [1.29, 1.82) is 0 Å². The zero-order valence-electron chi connectivity index (χ0n) is 22.4. The maximum Gasteiger partial charge on any atom is 0.223 e. The van der Waals surface area contributed by atoms with Crippen LogP contribution in [0.2, 0.25) is 5.02 Å². The fourth-order valence-corrected chi connectivity index (χ4v) is 5.35. The van der Waals surface area contributed by atoms with E-state index in [4.69, 9.17) is 31.8 Å². The Labute approximate surface area is 237 Å². The molecule has 0 bridgehead atoms. The molecule has 3 aromatic rings. The minimum Gasteiger partial charge on any atom is -0.493 e. The van der Waals surface area contributed by atoms with Crippen molar-refractivity contribution >= 4 is 40.5 Å². The third kappa shape index (κ3) is 6.33. The molecule has 2 aliphatic heterocycles.